The van der Waals surface area contributed by atoms with Crippen molar-refractivity contribution in [1.82, 2.24) is 0 Å². The molecule has 1 amide bonds. The van der Waals surface area contributed by atoms with Gasteiger partial charge in [0.15, 0.2) is 6.10 Å². The predicted octanol–water partition coefficient (Wildman–Crippen LogP) is 5.38. The lowest BCUT2D eigenvalue weighted by molar-refractivity contribution is -0.122. The van der Waals surface area contributed by atoms with Crippen LogP contribution in [-0.2, 0) is 14.8 Å². The second-order valence-corrected chi connectivity index (χ2v) is 9.17. The number of rotatable bonds is 8. The molecule has 3 aromatic carbocycles. The van der Waals surface area contributed by atoms with Gasteiger partial charge in [0.05, 0.1) is 10.6 Å². The lowest BCUT2D eigenvalue weighted by Gasteiger charge is -2.17. The Morgan fingerprint density at radius 3 is 2.34 bits per heavy atom. The second kappa shape index (κ2) is 10.0. The molecule has 1 atom stereocenters. The van der Waals surface area contributed by atoms with Gasteiger partial charge in [-0.25, -0.2) is 12.8 Å². The van der Waals surface area contributed by atoms with Crippen molar-refractivity contribution in [3.05, 3.63) is 83.1 Å². The Kier molecular flexibility index (Phi) is 7.37. The number of carbonyl (C=O) groups excluding carboxylic acids is 1. The molecule has 0 fully saturated rings. The van der Waals surface area contributed by atoms with E-state index in [9.17, 15) is 17.6 Å². The molecule has 0 aliphatic rings. The van der Waals surface area contributed by atoms with E-state index in [0.29, 0.717) is 28.6 Å². The van der Waals surface area contributed by atoms with Crippen LogP contribution in [0.15, 0.2) is 71.6 Å². The molecule has 168 valence electrons. The van der Waals surface area contributed by atoms with Gasteiger partial charge in [0, 0.05) is 10.7 Å². The van der Waals surface area contributed by atoms with Crippen molar-refractivity contribution in [1.29, 1.82) is 0 Å². The lowest BCUT2D eigenvalue weighted by Crippen LogP contribution is -2.32. The van der Waals surface area contributed by atoms with E-state index in [-0.39, 0.29) is 4.90 Å². The number of aryl methyl sites for hydroxylation is 1. The fourth-order valence-electron chi connectivity index (χ4n) is 2.85. The summed E-state index contributed by atoms with van der Waals surface area (Å²) in [7, 11) is -3.84. The molecule has 0 aliphatic carbocycles. The predicted molar refractivity (Wildman–Crippen MR) is 123 cm³/mol. The Morgan fingerprint density at radius 1 is 1.06 bits per heavy atom. The summed E-state index contributed by atoms with van der Waals surface area (Å²) in [6, 6.07) is 16.1. The SMILES string of the molecule is CC[C@@H](Oc1ccc(F)cc1)C(=O)Nc1ccc(S(=O)(=O)Nc2cc(Cl)ccc2C)cc1. The number of halogens is 2. The second-order valence-electron chi connectivity index (χ2n) is 7.05. The highest BCUT2D eigenvalue weighted by Gasteiger charge is 2.20. The maximum absolute atomic E-state index is 13.0. The first-order valence-electron chi connectivity index (χ1n) is 9.80. The fourth-order valence-corrected chi connectivity index (χ4v) is 4.14. The van der Waals surface area contributed by atoms with Gasteiger partial charge in [0.2, 0.25) is 0 Å². The zero-order chi connectivity index (χ0) is 23.3. The number of anilines is 2. The van der Waals surface area contributed by atoms with Crippen molar-refractivity contribution in [2.45, 2.75) is 31.3 Å². The molecule has 9 heteroatoms. The molecule has 0 saturated carbocycles. The van der Waals surface area contributed by atoms with Crippen LogP contribution in [0.1, 0.15) is 18.9 Å². The van der Waals surface area contributed by atoms with Crippen molar-refractivity contribution < 1.29 is 22.3 Å². The van der Waals surface area contributed by atoms with Crippen LogP contribution >= 0.6 is 11.6 Å². The van der Waals surface area contributed by atoms with Crippen molar-refractivity contribution in [2.24, 2.45) is 0 Å². The van der Waals surface area contributed by atoms with E-state index in [4.69, 9.17) is 16.3 Å². The Hall–Kier alpha value is -3.10. The van der Waals surface area contributed by atoms with E-state index in [1.54, 1.807) is 26.0 Å². The van der Waals surface area contributed by atoms with Crippen molar-refractivity contribution in [3.63, 3.8) is 0 Å². The molecule has 0 aliphatic heterocycles. The third kappa shape index (κ3) is 5.99. The summed E-state index contributed by atoms with van der Waals surface area (Å²) in [4.78, 5) is 12.6. The average Bonchev–Trinajstić information content (AvgIpc) is 2.76. The van der Waals surface area contributed by atoms with Crippen LogP contribution < -0.4 is 14.8 Å². The van der Waals surface area contributed by atoms with Crippen molar-refractivity contribution >= 4 is 38.9 Å². The Morgan fingerprint density at radius 2 is 1.72 bits per heavy atom. The summed E-state index contributed by atoms with van der Waals surface area (Å²) in [6.45, 7) is 3.55. The topological polar surface area (TPSA) is 84.5 Å². The van der Waals surface area contributed by atoms with E-state index in [0.717, 1.165) is 5.56 Å². The number of hydrogen-bond donors (Lipinski definition) is 2. The molecule has 0 spiro atoms. The number of hydrogen-bond acceptors (Lipinski definition) is 4. The smallest absolute Gasteiger partial charge is 0.265 e. The fraction of sp³-hybridized carbons (Fsp3) is 0.174. The summed E-state index contributed by atoms with van der Waals surface area (Å²) in [5, 5.41) is 3.12. The van der Waals surface area contributed by atoms with Crippen LogP contribution in [0.25, 0.3) is 0 Å². The summed E-state index contributed by atoms with van der Waals surface area (Å²) >= 11 is 5.95. The van der Waals surface area contributed by atoms with E-state index >= 15 is 0 Å². The minimum absolute atomic E-state index is 0.0319. The molecule has 3 aromatic rings. The molecule has 0 bridgehead atoms. The van der Waals surface area contributed by atoms with Gasteiger partial charge in [-0.2, -0.15) is 0 Å². The molecule has 32 heavy (non-hydrogen) atoms. The minimum Gasteiger partial charge on any atom is -0.481 e. The summed E-state index contributed by atoms with van der Waals surface area (Å²) in [5.74, 6) is -0.428. The number of nitrogens with one attached hydrogen (secondary N) is 2. The number of benzene rings is 3. The largest absolute Gasteiger partial charge is 0.481 e. The van der Waals surface area contributed by atoms with Gasteiger partial charge in [0.1, 0.15) is 11.6 Å². The Labute approximate surface area is 191 Å². The van der Waals surface area contributed by atoms with Gasteiger partial charge < -0.3 is 10.1 Å². The first-order chi connectivity index (χ1) is 15.2. The Bertz CT molecular complexity index is 1200. The number of amides is 1. The van der Waals surface area contributed by atoms with E-state index in [1.165, 1.54) is 54.6 Å². The molecule has 0 saturated heterocycles. The van der Waals surface area contributed by atoms with Gasteiger partial charge in [-0.1, -0.05) is 24.6 Å². The molecule has 0 aromatic heterocycles. The maximum Gasteiger partial charge on any atom is 0.265 e. The van der Waals surface area contributed by atoms with Crippen LogP contribution in [0.4, 0.5) is 15.8 Å². The van der Waals surface area contributed by atoms with Crippen LogP contribution in [0, 0.1) is 12.7 Å². The van der Waals surface area contributed by atoms with Crippen molar-refractivity contribution in [2.75, 3.05) is 10.0 Å². The summed E-state index contributed by atoms with van der Waals surface area (Å²) < 4.78 is 46.6. The summed E-state index contributed by atoms with van der Waals surface area (Å²) in [5.41, 5.74) is 1.53. The Balaban J connectivity index is 1.68. The van der Waals surface area contributed by atoms with Crippen molar-refractivity contribution in [3.8, 4) is 5.75 Å². The molecule has 0 unspecified atom stereocenters. The van der Waals surface area contributed by atoms with Gasteiger partial charge >= 0.3 is 0 Å². The third-order valence-electron chi connectivity index (χ3n) is 4.63. The highest BCUT2D eigenvalue weighted by Crippen LogP contribution is 2.24. The highest BCUT2D eigenvalue weighted by molar-refractivity contribution is 7.92. The van der Waals surface area contributed by atoms with Crippen LogP contribution in [-0.4, -0.2) is 20.4 Å². The normalized spacial score (nSPS) is 12.1. The molecule has 0 heterocycles. The number of sulfonamides is 1. The molecular weight excluding hydrogens is 455 g/mol. The minimum atomic E-state index is -3.84. The van der Waals surface area contributed by atoms with Gasteiger partial charge in [-0.15, -0.1) is 0 Å². The van der Waals surface area contributed by atoms with Crippen LogP contribution in [0.5, 0.6) is 5.75 Å². The first kappa shape index (κ1) is 23.6. The zero-order valence-electron chi connectivity index (χ0n) is 17.4. The van der Waals surface area contributed by atoms with Gasteiger partial charge in [-0.3, -0.25) is 9.52 Å². The monoisotopic (exact) mass is 476 g/mol. The zero-order valence-corrected chi connectivity index (χ0v) is 19.0. The highest BCUT2D eigenvalue weighted by atomic mass is 35.5. The number of carbonyl (C=O) groups is 1. The van der Waals surface area contributed by atoms with E-state index in [1.807, 2.05) is 0 Å². The lowest BCUT2D eigenvalue weighted by atomic mass is 10.2. The standard InChI is InChI=1S/C23H22ClFN2O4S/c1-3-22(31-19-10-6-17(25)7-11-19)23(28)26-18-8-12-20(13-9-18)32(29,30)27-21-14-16(24)5-4-15(21)2/h4-14,22,27H,3H2,1-2H3,(H,26,28)/t22-/m1/s1. The third-order valence-corrected chi connectivity index (χ3v) is 6.25. The van der Waals surface area contributed by atoms with E-state index < -0.39 is 27.9 Å². The van der Waals surface area contributed by atoms with Gasteiger partial charge in [-0.05, 0) is 79.6 Å². The first-order valence-corrected chi connectivity index (χ1v) is 11.7. The number of ether oxygens (including phenoxy) is 1. The quantitative estimate of drug-likeness (QED) is 0.457. The molecule has 3 rings (SSSR count). The molecule has 6 nitrogen and oxygen atoms in total. The molecule has 2 N–H and O–H groups in total. The van der Waals surface area contributed by atoms with Crippen LogP contribution in [0.2, 0.25) is 5.02 Å². The van der Waals surface area contributed by atoms with Crippen LogP contribution in [0.3, 0.4) is 0 Å². The molecule has 0 radical (unpaired) electrons. The molecular formula is C23H22ClFN2O4S. The summed E-state index contributed by atoms with van der Waals surface area (Å²) in [6.07, 6.45) is -0.408. The van der Waals surface area contributed by atoms with Gasteiger partial charge in [0.25, 0.3) is 15.9 Å². The average molecular weight is 477 g/mol. The maximum atomic E-state index is 13.0. The van der Waals surface area contributed by atoms with E-state index in [2.05, 4.69) is 10.0 Å².